The lowest BCUT2D eigenvalue weighted by Gasteiger charge is -2.31. The van der Waals surface area contributed by atoms with Crippen molar-refractivity contribution in [3.05, 3.63) is 65.6 Å². The third-order valence-electron chi connectivity index (χ3n) is 6.38. The summed E-state index contributed by atoms with van der Waals surface area (Å²) in [6.07, 6.45) is 4.41. The molecule has 0 atom stereocenters. The summed E-state index contributed by atoms with van der Waals surface area (Å²) in [5.41, 5.74) is 2.26. The van der Waals surface area contributed by atoms with Crippen LogP contribution < -0.4 is 4.74 Å². The van der Waals surface area contributed by atoms with Crippen molar-refractivity contribution >= 4 is 16.9 Å². The number of carboxylic acids is 1. The molecule has 1 aliphatic heterocycles. The van der Waals surface area contributed by atoms with Crippen LogP contribution >= 0.6 is 0 Å². The Hall–Kier alpha value is -2.90. The number of carboxylic acid groups (broad SMARTS) is 1. The summed E-state index contributed by atoms with van der Waals surface area (Å²) in [6, 6.07) is 12.7. The van der Waals surface area contributed by atoms with E-state index in [1.54, 1.807) is 0 Å². The maximum atomic E-state index is 13.8. The number of likely N-dealkylation sites (tertiary alicyclic amines) is 1. The van der Waals surface area contributed by atoms with Gasteiger partial charge < -0.3 is 19.1 Å². The van der Waals surface area contributed by atoms with Crippen molar-refractivity contribution in [2.75, 3.05) is 39.5 Å². The molecule has 0 unspecified atom stereocenters. The van der Waals surface area contributed by atoms with Crippen molar-refractivity contribution in [3.8, 4) is 5.75 Å². The molecule has 1 aromatic heterocycles. The predicted molar refractivity (Wildman–Crippen MR) is 126 cm³/mol. The average Bonchev–Trinajstić information content (AvgIpc) is 3.18. The molecular formula is C26H31FN2O4. The Morgan fingerprint density at radius 1 is 1.09 bits per heavy atom. The monoisotopic (exact) mass is 454 g/mol. The smallest absolute Gasteiger partial charge is 0.342 e. The number of rotatable bonds is 10. The van der Waals surface area contributed by atoms with Crippen LogP contribution in [0.3, 0.4) is 0 Å². The molecule has 0 aliphatic carbocycles. The normalized spacial score (nSPS) is 15.2. The number of halogens is 1. The quantitative estimate of drug-likeness (QED) is 0.447. The van der Waals surface area contributed by atoms with Gasteiger partial charge in [-0.1, -0.05) is 24.3 Å². The number of ether oxygens (including phenoxy) is 2. The van der Waals surface area contributed by atoms with Crippen LogP contribution in [0.4, 0.5) is 4.39 Å². The summed E-state index contributed by atoms with van der Waals surface area (Å²) < 4.78 is 27.3. The molecule has 0 bridgehead atoms. The van der Waals surface area contributed by atoms with Gasteiger partial charge in [-0.2, -0.15) is 0 Å². The minimum atomic E-state index is -1.32. The Balaban J connectivity index is 1.34. The molecule has 7 heteroatoms. The van der Waals surface area contributed by atoms with Crippen molar-refractivity contribution in [2.24, 2.45) is 0 Å². The fourth-order valence-electron chi connectivity index (χ4n) is 4.68. The molecule has 0 saturated carbocycles. The summed E-state index contributed by atoms with van der Waals surface area (Å²) in [6.45, 7) is 7.20. The Morgan fingerprint density at radius 2 is 1.88 bits per heavy atom. The first-order valence-corrected chi connectivity index (χ1v) is 11.6. The maximum Gasteiger partial charge on any atom is 0.342 e. The number of nitrogens with zero attached hydrogens (tertiary/aromatic N) is 2. The number of hydrogen-bond donors (Lipinski definition) is 1. The van der Waals surface area contributed by atoms with E-state index in [1.165, 1.54) is 28.6 Å². The fraction of sp³-hybridized carbons (Fsp3) is 0.423. The van der Waals surface area contributed by atoms with E-state index in [0.717, 1.165) is 45.1 Å². The summed E-state index contributed by atoms with van der Waals surface area (Å²) in [4.78, 5) is 13.6. The molecule has 0 amide bonds. The number of piperidine rings is 1. The molecule has 33 heavy (non-hydrogen) atoms. The van der Waals surface area contributed by atoms with Crippen molar-refractivity contribution in [1.82, 2.24) is 9.47 Å². The molecule has 1 fully saturated rings. The van der Waals surface area contributed by atoms with Crippen molar-refractivity contribution in [1.29, 1.82) is 0 Å². The summed E-state index contributed by atoms with van der Waals surface area (Å²) in [7, 11) is 0. The Bertz CT molecular complexity index is 1090. The van der Waals surface area contributed by atoms with E-state index < -0.39 is 17.3 Å². The van der Waals surface area contributed by atoms with Crippen molar-refractivity contribution < 1.29 is 23.8 Å². The third kappa shape index (κ3) is 5.37. The Morgan fingerprint density at radius 3 is 2.64 bits per heavy atom. The van der Waals surface area contributed by atoms with Crippen molar-refractivity contribution in [2.45, 2.75) is 32.2 Å². The van der Waals surface area contributed by atoms with E-state index in [-0.39, 0.29) is 5.75 Å². The van der Waals surface area contributed by atoms with Crippen LogP contribution in [0.1, 0.15) is 41.6 Å². The molecule has 1 aliphatic rings. The van der Waals surface area contributed by atoms with E-state index in [9.17, 15) is 14.3 Å². The number of fused-ring (bicyclic) bond motifs is 1. The highest BCUT2D eigenvalue weighted by molar-refractivity contribution is 5.91. The molecule has 0 radical (unpaired) electrons. The van der Waals surface area contributed by atoms with Gasteiger partial charge in [0.1, 0.15) is 23.7 Å². The van der Waals surface area contributed by atoms with E-state index in [2.05, 4.69) is 39.9 Å². The first-order valence-electron chi connectivity index (χ1n) is 11.6. The van der Waals surface area contributed by atoms with Crippen LogP contribution in [-0.4, -0.2) is 60.0 Å². The molecule has 1 N–H and O–H groups in total. The molecule has 0 spiro atoms. The Labute approximate surface area is 193 Å². The summed E-state index contributed by atoms with van der Waals surface area (Å²) in [5.74, 6) is -1.51. The minimum absolute atomic E-state index is 0.0808. The van der Waals surface area contributed by atoms with Gasteiger partial charge in [-0.3, -0.25) is 4.90 Å². The highest BCUT2D eigenvalue weighted by atomic mass is 19.1. The minimum Gasteiger partial charge on any atom is -0.491 e. The highest BCUT2D eigenvalue weighted by Gasteiger charge is 2.24. The standard InChI is InChI=1S/C26H31FN2O4/c1-2-32-16-15-29-18-21(20-6-3-4-8-23(20)29)19-10-12-28(13-11-19)14-17-33-24-9-5-7-22(27)25(24)26(30)31/h3-9,18-19H,2,10-17H2,1H3,(H,30,31). The van der Waals surface area contributed by atoms with Gasteiger partial charge in [-0.05, 0) is 62.5 Å². The van der Waals surface area contributed by atoms with Crippen LogP contribution in [0, 0.1) is 5.82 Å². The van der Waals surface area contributed by atoms with Gasteiger partial charge in [-0.25, -0.2) is 9.18 Å². The molecule has 176 valence electrons. The van der Waals surface area contributed by atoms with Gasteiger partial charge in [0.2, 0.25) is 0 Å². The second-order valence-corrected chi connectivity index (χ2v) is 8.37. The maximum absolute atomic E-state index is 13.8. The second-order valence-electron chi connectivity index (χ2n) is 8.37. The number of benzene rings is 2. The predicted octanol–water partition coefficient (Wildman–Crippen LogP) is 4.77. The lowest BCUT2D eigenvalue weighted by Crippen LogP contribution is -2.36. The number of aromatic nitrogens is 1. The number of para-hydroxylation sites is 1. The summed E-state index contributed by atoms with van der Waals surface area (Å²) in [5, 5.41) is 10.6. The van der Waals surface area contributed by atoms with Crippen LogP contribution in [-0.2, 0) is 11.3 Å². The van der Waals surface area contributed by atoms with Crippen LogP contribution in [0.5, 0.6) is 5.75 Å². The SMILES string of the molecule is CCOCCn1cc(C2CCN(CCOc3cccc(F)c3C(=O)O)CC2)c2ccccc21. The molecule has 1 saturated heterocycles. The highest BCUT2D eigenvalue weighted by Crippen LogP contribution is 2.34. The van der Waals surface area contributed by atoms with E-state index in [4.69, 9.17) is 9.47 Å². The number of hydrogen-bond acceptors (Lipinski definition) is 4. The zero-order chi connectivity index (χ0) is 23.2. The van der Waals surface area contributed by atoms with Gasteiger partial charge in [0.25, 0.3) is 0 Å². The first-order chi connectivity index (χ1) is 16.1. The van der Waals surface area contributed by atoms with Crippen molar-refractivity contribution in [3.63, 3.8) is 0 Å². The zero-order valence-electron chi connectivity index (χ0n) is 19.0. The van der Waals surface area contributed by atoms with Crippen LogP contribution in [0.25, 0.3) is 10.9 Å². The number of carbonyl (C=O) groups is 1. The topological polar surface area (TPSA) is 63.9 Å². The van der Waals surface area contributed by atoms with Gasteiger partial charge >= 0.3 is 5.97 Å². The van der Waals surface area contributed by atoms with Gasteiger partial charge in [-0.15, -0.1) is 0 Å². The molecule has 6 nitrogen and oxygen atoms in total. The molecule has 2 aromatic carbocycles. The van der Waals surface area contributed by atoms with Crippen LogP contribution in [0.15, 0.2) is 48.7 Å². The van der Waals surface area contributed by atoms with Crippen LogP contribution in [0.2, 0.25) is 0 Å². The largest absolute Gasteiger partial charge is 0.491 e. The first kappa shape index (κ1) is 23.3. The third-order valence-corrected chi connectivity index (χ3v) is 6.38. The lowest BCUT2D eigenvalue weighted by atomic mass is 9.89. The van der Waals surface area contributed by atoms with Gasteiger partial charge in [0.05, 0.1) is 6.61 Å². The molecule has 4 rings (SSSR count). The lowest BCUT2D eigenvalue weighted by molar-refractivity contribution is 0.0685. The molecule has 3 aromatic rings. The zero-order valence-corrected chi connectivity index (χ0v) is 19.0. The Kier molecular flexibility index (Phi) is 7.62. The van der Waals surface area contributed by atoms with E-state index in [1.807, 2.05) is 6.92 Å². The van der Waals surface area contributed by atoms with Gasteiger partial charge in [0, 0.05) is 36.8 Å². The summed E-state index contributed by atoms with van der Waals surface area (Å²) >= 11 is 0. The van der Waals surface area contributed by atoms with Gasteiger partial charge in [0.15, 0.2) is 0 Å². The van der Waals surface area contributed by atoms with E-state index in [0.29, 0.717) is 25.7 Å². The molecular weight excluding hydrogens is 423 g/mol. The second kappa shape index (κ2) is 10.8. The average molecular weight is 455 g/mol. The van der Waals surface area contributed by atoms with E-state index >= 15 is 0 Å². The fourth-order valence-corrected chi connectivity index (χ4v) is 4.68. The number of aromatic carboxylic acids is 1. The molecule has 2 heterocycles.